The Morgan fingerprint density at radius 1 is 1.86 bits per heavy atom. The molecule has 0 saturated carbocycles. The highest BCUT2D eigenvalue weighted by molar-refractivity contribution is 5.69. The summed E-state index contributed by atoms with van der Waals surface area (Å²) in [5, 5.41) is 0. The molecule has 0 aliphatic carbocycles. The van der Waals surface area contributed by atoms with Gasteiger partial charge in [-0.25, -0.2) is 4.39 Å². The van der Waals surface area contributed by atoms with Crippen LogP contribution in [0.2, 0.25) is 0 Å². The van der Waals surface area contributed by atoms with E-state index in [0.29, 0.717) is 6.42 Å². The lowest BCUT2D eigenvalue weighted by atomic mass is 10.4. The van der Waals surface area contributed by atoms with Crippen LogP contribution >= 0.6 is 0 Å². The first-order valence-electron chi connectivity index (χ1n) is 2.12. The van der Waals surface area contributed by atoms with Gasteiger partial charge in [-0.3, -0.25) is 4.79 Å². The summed E-state index contributed by atoms with van der Waals surface area (Å²) in [7, 11) is 0. The Morgan fingerprint density at radius 3 is 2.57 bits per heavy atom. The van der Waals surface area contributed by atoms with Crippen LogP contribution in [-0.2, 0) is 4.79 Å². The minimum Gasteiger partial charge on any atom is -0.295 e. The third-order valence-corrected chi connectivity index (χ3v) is 0.512. The zero-order valence-electron chi connectivity index (χ0n) is 4.15. The van der Waals surface area contributed by atoms with Crippen LogP contribution in [0.25, 0.3) is 0 Å². The standard InChI is InChI=1S/C5H7FO/c1-2-3-5(6)4-7/h3-4H,2H2,1H3/b5-3-. The molecule has 40 valence electrons. The second-order valence-electron chi connectivity index (χ2n) is 1.12. The molecule has 0 atom stereocenters. The quantitative estimate of drug-likeness (QED) is 0.381. The number of rotatable bonds is 2. The van der Waals surface area contributed by atoms with Crippen LogP contribution in [-0.4, -0.2) is 6.29 Å². The molecule has 0 spiro atoms. The number of aldehydes is 1. The van der Waals surface area contributed by atoms with Crippen molar-refractivity contribution in [1.82, 2.24) is 0 Å². The predicted molar refractivity (Wildman–Crippen MR) is 25.5 cm³/mol. The Kier molecular flexibility index (Phi) is 3.19. The molecule has 0 aromatic carbocycles. The number of allylic oxidation sites excluding steroid dienone is 2. The first-order valence-corrected chi connectivity index (χ1v) is 2.12. The topological polar surface area (TPSA) is 17.1 Å². The van der Waals surface area contributed by atoms with Gasteiger partial charge in [-0.1, -0.05) is 6.92 Å². The van der Waals surface area contributed by atoms with E-state index in [0.717, 1.165) is 0 Å². The van der Waals surface area contributed by atoms with E-state index in [1.54, 1.807) is 6.92 Å². The van der Waals surface area contributed by atoms with Crippen molar-refractivity contribution in [3.63, 3.8) is 0 Å². The molecule has 1 nitrogen and oxygen atoms in total. The van der Waals surface area contributed by atoms with Crippen LogP contribution in [0.5, 0.6) is 0 Å². The average molecular weight is 102 g/mol. The molecule has 0 amide bonds. The molecular formula is C5H7FO. The Bertz CT molecular complexity index is 86.1. The predicted octanol–water partition coefficient (Wildman–Crippen LogP) is 1.45. The molecule has 0 radical (unpaired) electrons. The van der Waals surface area contributed by atoms with Crippen LogP contribution in [0.4, 0.5) is 4.39 Å². The van der Waals surface area contributed by atoms with E-state index in [1.807, 2.05) is 0 Å². The number of halogens is 1. The first-order chi connectivity index (χ1) is 3.31. The van der Waals surface area contributed by atoms with Crippen molar-refractivity contribution in [2.45, 2.75) is 13.3 Å². The van der Waals surface area contributed by atoms with Crippen molar-refractivity contribution in [2.75, 3.05) is 0 Å². The van der Waals surface area contributed by atoms with Crippen LogP contribution < -0.4 is 0 Å². The molecule has 0 aromatic heterocycles. The van der Waals surface area contributed by atoms with Crippen molar-refractivity contribution in [3.05, 3.63) is 11.9 Å². The summed E-state index contributed by atoms with van der Waals surface area (Å²) in [6, 6.07) is 0. The average Bonchev–Trinajstić information content (AvgIpc) is 1.68. The van der Waals surface area contributed by atoms with Crippen molar-refractivity contribution >= 4 is 6.29 Å². The van der Waals surface area contributed by atoms with Gasteiger partial charge in [0.2, 0.25) is 0 Å². The highest BCUT2D eigenvalue weighted by atomic mass is 19.1. The van der Waals surface area contributed by atoms with Crippen LogP contribution in [0.15, 0.2) is 11.9 Å². The Hall–Kier alpha value is -0.660. The molecule has 0 aliphatic heterocycles. The lowest BCUT2D eigenvalue weighted by Crippen LogP contribution is -1.69. The second-order valence-corrected chi connectivity index (χ2v) is 1.12. The maximum Gasteiger partial charge on any atom is 0.178 e. The summed E-state index contributed by atoms with van der Waals surface area (Å²) in [6.07, 6.45) is 2.00. The molecule has 0 fully saturated rings. The number of carbonyl (C=O) groups is 1. The molecule has 2 heteroatoms. The fourth-order valence-corrected chi connectivity index (χ4v) is 0.243. The molecular weight excluding hydrogens is 95.1 g/mol. The van der Waals surface area contributed by atoms with Gasteiger partial charge in [-0.2, -0.15) is 0 Å². The van der Waals surface area contributed by atoms with Crippen molar-refractivity contribution in [1.29, 1.82) is 0 Å². The monoisotopic (exact) mass is 102 g/mol. The van der Waals surface area contributed by atoms with Gasteiger partial charge in [0.1, 0.15) is 0 Å². The fourth-order valence-electron chi connectivity index (χ4n) is 0.243. The van der Waals surface area contributed by atoms with E-state index in [2.05, 4.69) is 0 Å². The molecule has 0 aromatic rings. The van der Waals surface area contributed by atoms with Gasteiger partial charge in [-0.05, 0) is 12.5 Å². The Morgan fingerprint density at radius 2 is 2.43 bits per heavy atom. The van der Waals surface area contributed by atoms with Crippen molar-refractivity contribution in [3.8, 4) is 0 Å². The third-order valence-electron chi connectivity index (χ3n) is 0.512. The van der Waals surface area contributed by atoms with Gasteiger partial charge in [0, 0.05) is 0 Å². The maximum atomic E-state index is 11.6. The maximum absolute atomic E-state index is 11.6. The van der Waals surface area contributed by atoms with E-state index in [9.17, 15) is 9.18 Å². The van der Waals surface area contributed by atoms with E-state index in [-0.39, 0.29) is 6.29 Å². The van der Waals surface area contributed by atoms with E-state index in [4.69, 9.17) is 0 Å². The summed E-state index contributed by atoms with van der Waals surface area (Å²) in [5.41, 5.74) is 0. The Balaban J connectivity index is 3.49. The zero-order chi connectivity index (χ0) is 5.70. The Labute approximate surface area is 41.8 Å². The zero-order valence-corrected chi connectivity index (χ0v) is 4.15. The van der Waals surface area contributed by atoms with Crippen LogP contribution in [0, 0.1) is 0 Å². The van der Waals surface area contributed by atoms with E-state index < -0.39 is 5.83 Å². The minimum absolute atomic E-state index is 0.198. The minimum atomic E-state index is -0.678. The van der Waals surface area contributed by atoms with Gasteiger partial charge in [0.05, 0.1) is 0 Å². The van der Waals surface area contributed by atoms with Gasteiger partial charge >= 0.3 is 0 Å². The molecule has 0 saturated heterocycles. The fraction of sp³-hybridized carbons (Fsp3) is 0.400. The molecule has 0 rings (SSSR count). The normalized spacial score (nSPS) is 11.4. The lowest BCUT2D eigenvalue weighted by Gasteiger charge is -1.74. The second kappa shape index (κ2) is 3.53. The first kappa shape index (κ1) is 6.34. The summed E-state index contributed by atoms with van der Waals surface area (Å²) in [5.74, 6) is -0.678. The summed E-state index contributed by atoms with van der Waals surface area (Å²) < 4.78 is 11.6. The highest BCUT2D eigenvalue weighted by Crippen LogP contribution is 1.90. The lowest BCUT2D eigenvalue weighted by molar-refractivity contribution is -0.106. The van der Waals surface area contributed by atoms with Gasteiger partial charge < -0.3 is 0 Å². The molecule has 7 heavy (non-hydrogen) atoms. The number of hydrogen-bond acceptors (Lipinski definition) is 1. The van der Waals surface area contributed by atoms with Crippen molar-refractivity contribution < 1.29 is 9.18 Å². The van der Waals surface area contributed by atoms with Gasteiger partial charge in [0.25, 0.3) is 0 Å². The summed E-state index contributed by atoms with van der Waals surface area (Å²) in [6.45, 7) is 1.77. The largest absolute Gasteiger partial charge is 0.295 e. The molecule has 0 unspecified atom stereocenters. The van der Waals surface area contributed by atoms with Crippen LogP contribution in [0.1, 0.15) is 13.3 Å². The number of hydrogen-bond donors (Lipinski definition) is 0. The third kappa shape index (κ3) is 3.16. The number of carbonyl (C=O) groups excluding carboxylic acids is 1. The molecule has 0 N–H and O–H groups in total. The van der Waals surface area contributed by atoms with Gasteiger partial charge in [0.15, 0.2) is 12.1 Å². The summed E-state index contributed by atoms with van der Waals surface area (Å²) in [4.78, 5) is 9.45. The smallest absolute Gasteiger partial charge is 0.178 e. The van der Waals surface area contributed by atoms with Crippen molar-refractivity contribution in [2.24, 2.45) is 0 Å². The molecule has 0 aliphatic rings. The van der Waals surface area contributed by atoms with E-state index in [1.165, 1.54) is 6.08 Å². The molecule has 0 heterocycles. The van der Waals surface area contributed by atoms with E-state index >= 15 is 0 Å². The highest BCUT2D eigenvalue weighted by Gasteiger charge is 1.82. The molecule has 0 bridgehead atoms. The van der Waals surface area contributed by atoms with Gasteiger partial charge in [-0.15, -0.1) is 0 Å². The summed E-state index contributed by atoms with van der Waals surface area (Å²) >= 11 is 0. The van der Waals surface area contributed by atoms with Crippen LogP contribution in [0.3, 0.4) is 0 Å². The SMILES string of the molecule is CC/C=C(\F)C=O.